The van der Waals surface area contributed by atoms with E-state index in [0.717, 1.165) is 25.5 Å². The number of guanidine groups is 1. The third kappa shape index (κ3) is 7.57. The van der Waals surface area contributed by atoms with Gasteiger partial charge in [-0.05, 0) is 51.9 Å². The number of amides is 1. The van der Waals surface area contributed by atoms with Gasteiger partial charge in [-0.2, -0.15) is 0 Å². The summed E-state index contributed by atoms with van der Waals surface area (Å²) >= 11 is 0. The Labute approximate surface area is 140 Å². The molecule has 0 aromatic heterocycles. The van der Waals surface area contributed by atoms with E-state index in [1.807, 2.05) is 20.8 Å². The summed E-state index contributed by atoms with van der Waals surface area (Å²) < 4.78 is 5.19. The van der Waals surface area contributed by atoms with Crippen LogP contribution in [0.2, 0.25) is 0 Å². The van der Waals surface area contributed by atoms with Gasteiger partial charge in [0.25, 0.3) is 0 Å². The first-order chi connectivity index (χ1) is 10.8. The Hall–Kier alpha value is -1.46. The molecule has 6 heteroatoms. The first-order valence-electron chi connectivity index (χ1n) is 8.72. The van der Waals surface area contributed by atoms with Crippen molar-refractivity contribution in [1.82, 2.24) is 16.0 Å². The van der Waals surface area contributed by atoms with E-state index in [1.165, 1.54) is 25.7 Å². The molecule has 1 aliphatic rings. The average molecular weight is 326 g/mol. The lowest BCUT2D eigenvalue weighted by Gasteiger charge is -2.41. The van der Waals surface area contributed by atoms with Crippen LogP contribution in [0.15, 0.2) is 4.99 Å². The summed E-state index contributed by atoms with van der Waals surface area (Å²) in [6.45, 7) is 10.2. The molecule has 134 valence electrons. The maximum atomic E-state index is 11.5. The molecule has 0 radical (unpaired) electrons. The van der Waals surface area contributed by atoms with Crippen LogP contribution < -0.4 is 16.0 Å². The molecule has 1 amide bonds. The van der Waals surface area contributed by atoms with E-state index in [0.29, 0.717) is 12.0 Å². The van der Waals surface area contributed by atoms with E-state index in [4.69, 9.17) is 4.74 Å². The fourth-order valence-corrected chi connectivity index (χ4v) is 2.62. The Morgan fingerprint density at radius 3 is 2.30 bits per heavy atom. The number of carbonyl (C=O) groups is 1. The van der Waals surface area contributed by atoms with E-state index in [1.54, 1.807) is 7.05 Å². The highest BCUT2D eigenvalue weighted by Gasteiger charge is 2.34. The topological polar surface area (TPSA) is 74.8 Å². The number of rotatable bonds is 7. The molecule has 1 aliphatic carbocycles. The Kier molecular flexibility index (Phi) is 7.65. The second-order valence-corrected chi connectivity index (χ2v) is 7.34. The fourth-order valence-electron chi connectivity index (χ4n) is 2.62. The predicted molar refractivity (Wildman–Crippen MR) is 94.8 cm³/mol. The van der Waals surface area contributed by atoms with Crippen LogP contribution in [-0.2, 0) is 4.74 Å². The van der Waals surface area contributed by atoms with E-state index < -0.39 is 5.60 Å². The van der Waals surface area contributed by atoms with Gasteiger partial charge in [0.15, 0.2) is 5.96 Å². The summed E-state index contributed by atoms with van der Waals surface area (Å²) in [7, 11) is 1.79. The van der Waals surface area contributed by atoms with Gasteiger partial charge >= 0.3 is 6.09 Å². The minimum absolute atomic E-state index is 0.366. The first-order valence-corrected chi connectivity index (χ1v) is 8.72. The van der Waals surface area contributed by atoms with Crippen LogP contribution in [0.4, 0.5) is 4.79 Å². The van der Waals surface area contributed by atoms with Gasteiger partial charge in [-0.15, -0.1) is 0 Å². The number of carbonyl (C=O) groups excluding carboxylic acids is 1. The van der Waals surface area contributed by atoms with E-state index in [2.05, 4.69) is 27.9 Å². The summed E-state index contributed by atoms with van der Waals surface area (Å²) in [5.41, 5.74) is 0.0148. The minimum atomic E-state index is -0.453. The zero-order valence-corrected chi connectivity index (χ0v) is 15.4. The smallest absolute Gasteiger partial charge is 0.407 e. The SMILES string of the molecule is CCC1(CNC(=NC)NCCCNC(=O)OC(C)(C)C)CCC1. The normalized spacial score (nSPS) is 17.2. The lowest BCUT2D eigenvalue weighted by molar-refractivity contribution is 0.0527. The maximum absolute atomic E-state index is 11.5. The van der Waals surface area contributed by atoms with Crippen molar-refractivity contribution in [3.63, 3.8) is 0 Å². The van der Waals surface area contributed by atoms with E-state index in [-0.39, 0.29) is 6.09 Å². The number of nitrogens with zero attached hydrogens (tertiary/aromatic N) is 1. The zero-order chi connectivity index (χ0) is 17.3. The molecule has 0 spiro atoms. The molecule has 0 aliphatic heterocycles. The third-order valence-corrected chi connectivity index (χ3v) is 4.33. The summed E-state index contributed by atoms with van der Waals surface area (Å²) in [6.07, 6.45) is 5.64. The lowest BCUT2D eigenvalue weighted by atomic mass is 9.67. The molecular weight excluding hydrogens is 292 g/mol. The van der Waals surface area contributed by atoms with Crippen molar-refractivity contribution in [2.24, 2.45) is 10.4 Å². The first kappa shape index (κ1) is 19.6. The second-order valence-electron chi connectivity index (χ2n) is 7.34. The second kappa shape index (κ2) is 8.99. The number of alkyl carbamates (subject to hydrolysis) is 1. The molecule has 6 nitrogen and oxygen atoms in total. The summed E-state index contributed by atoms with van der Waals surface area (Å²) in [5, 5.41) is 9.46. The quantitative estimate of drug-likeness (QED) is 0.382. The number of nitrogens with one attached hydrogen (secondary N) is 3. The van der Waals surface area contributed by atoms with Crippen LogP contribution in [0, 0.1) is 5.41 Å². The number of ether oxygens (including phenoxy) is 1. The number of aliphatic imine (C=N–C) groups is 1. The molecule has 0 aromatic rings. The molecule has 0 bridgehead atoms. The molecular formula is C17H34N4O2. The van der Waals surface area contributed by atoms with E-state index in [9.17, 15) is 4.79 Å². The van der Waals surface area contributed by atoms with Crippen LogP contribution in [0.5, 0.6) is 0 Å². The van der Waals surface area contributed by atoms with Crippen molar-refractivity contribution in [2.45, 2.75) is 65.4 Å². The van der Waals surface area contributed by atoms with Crippen LogP contribution >= 0.6 is 0 Å². The zero-order valence-electron chi connectivity index (χ0n) is 15.4. The number of hydrogen-bond acceptors (Lipinski definition) is 3. The fraction of sp³-hybridized carbons (Fsp3) is 0.882. The van der Waals surface area contributed by atoms with Crippen molar-refractivity contribution >= 4 is 12.1 Å². The molecule has 1 saturated carbocycles. The van der Waals surface area contributed by atoms with Gasteiger partial charge in [0, 0.05) is 26.7 Å². The predicted octanol–water partition coefficient (Wildman–Crippen LogP) is 2.65. The van der Waals surface area contributed by atoms with Crippen LogP contribution in [0.3, 0.4) is 0 Å². The largest absolute Gasteiger partial charge is 0.444 e. The molecule has 23 heavy (non-hydrogen) atoms. The lowest BCUT2D eigenvalue weighted by Crippen LogP contribution is -2.46. The molecule has 0 aromatic carbocycles. The summed E-state index contributed by atoms with van der Waals surface area (Å²) in [6, 6.07) is 0. The van der Waals surface area contributed by atoms with Gasteiger partial charge in [0.05, 0.1) is 0 Å². The monoisotopic (exact) mass is 326 g/mol. The van der Waals surface area contributed by atoms with Gasteiger partial charge in [-0.25, -0.2) is 4.79 Å². The Morgan fingerprint density at radius 1 is 1.17 bits per heavy atom. The molecule has 1 rings (SSSR count). The molecule has 0 atom stereocenters. The Morgan fingerprint density at radius 2 is 1.83 bits per heavy atom. The maximum Gasteiger partial charge on any atom is 0.407 e. The van der Waals surface area contributed by atoms with Crippen molar-refractivity contribution in [3.05, 3.63) is 0 Å². The summed E-state index contributed by atoms with van der Waals surface area (Å²) in [4.78, 5) is 15.8. The minimum Gasteiger partial charge on any atom is -0.444 e. The van der Waals surface area contributed by atoms with Crippen LogP contribution in [-0.4, -0.2) is 44.3 Å². The third-order valence-electron chi connectivity index (χ3n) is 4.33. The highest BCUT2D eigenvalue weighted by molar-refractivity contribution is 5.79. The van der Waals surface area contributed by atoms with Crippen LogP contribution in [0.1, 0.15) is 59.8 Å². The van der Waals surface area contributed by atoms with Crippen molar-refractivity contribution in [1.29, 1.82) is 0 Å². The molecule has 1 fully saturated rings. The van der Waals surface area contributed by atoms with Crippen LogP contribution in [0.25, 0.3) is 0 Å². The van der Waals surface area contributed by atoms with E-state index >= 15 is 0 Å². The molecule has 0 heterocycles. The van der Waals surface area contributed by atoms with Gasteiger partial charge < -0.3 is 20.7 Å². The van der Waals surface area contributed by atoms with Gasteiger partial charge in [-0.3, -0.25) is 4.99 Å². The van der Waals surface area contributed by atoms with Gasteiger partial charge in [0.1, 0.15) is 5.60 Å². The molecule has 0 saturated heterocycles. The molecule has 3 N–H and O–H groups in total. The summed E-state index contributed by atoms with van der Waals surface area (Å²) in [5.74, 6) is 0.835. The number of hydrogen-bond donors (Lipinski definition) is 3. The Bertz CT molecular complexity index is 392. The molecule has 0 unspecified atom stereocenters. The highest BCUT2D eigenvalue weighted by atomic mass is 16.6. The highest BCUT2D eigenvalue weighted by Crippen LogP contribution is 2.42. The standard InChI is InChI=1S/C17H34N4O2/c1-6-17(9-7-10-17)13-21-14(18-5)19-11-8-12-20-15(22)23-16(2,3)4/h6-13H2,1-5H3,(H,20,22)(H2,18,19,21). The average Bonchev–Trinajstić information content (AvgIpc) is 2.42. The van der Waals surface area contributed by atoms with Crippen molar-refractivity contribution < 1.29 is 9.53 Å². The van der Waals surface area contributed by atoms with Crippen molar-refractivity contribution in [2.75, 3.05) is 26.7 Å². The van der Waals surface area contributed by atoms with Gasteiger partial charge in [-0.1, -0.05) is 13.3 Å². The van der Waals surface area contributed by atoms with Crippen molar-refractivity contribution in [3.8, 4) is 0 Å². The Balaban J connectivity index is 2.12. The van der Waals surface area contributed by atoms with Gasteiger partial charge in [0.2, 0.25) is 0 Å².